The molecule has 4 fully saturated rings. The van der Waals surface area contributed by atoms with E-state index in [-0.39, 0.29) is 5.91 Å². The van der Waals surface area contributed by atoms with Gasteiger partial charge in [0.25, 0.3) is 5.91 Å². The van der Waals surface area contributed by atoms with Gasteiger partial charge in [-0.15, -0.1) is 0 Å². The van der Waals surface area contributed by atoms with E-state index in [4.69, 9.17) is 16.3 Å². The van der Waals surface area contributed by atoms with Crippen LogP contribution in [-0.2, 0) is 0 Å². The summed E-state index contributed by atoms with van der Waals surface area (Å²) in [6.45, 7) is 2.49. The lowest BCUT2D eigenvalue weighted by Crippen LogP contribution is -2.55. The molecule has 4 heteroatoms. The molecular weight excluding hydrogens is 310 g/mol. The van der Waals surface area contributed by atoms with Crippen LogP contribution in [0.4, 0.5) is 0 Å². The van der Waals surface area contributed by atoms with Gasteiger partial charge in [0, 0.05) is 11.6 Å². The summed E-state index contributed by atoms with van der Waals surface area (Å²) >= 11 is 6.21. The zero-order chi connectivity index (χ0) is 16.0. The van der Waals surface area contributed by atoms with Crippen LogP contribution in [0.1, 0.15) is 49.4 Å². The van der Waals surface area contributed by atoms with Gasteiger partial charge >= 0.3 is 0 Å². The van der Waals surface area contributed by atoms with E-state index in [1.54, 1.807) is 12.1 Å². The van der Waals surface area contributed by atoms with E-state index in [1.165, 1.54) is 32.1 Å². The third-order valence-electron chi connectivity index (χ3n) is 6.02. The SMILES string of the molecule is CCOc1ccc(C(=O)NC2C3CC4CC(C3)CC2C4)cc1Cl. The van der Waals surface area contributed by atoms with Gasteiger partial charge in [-0.05, 0) is 80.9 Å². The second kappa shape index (κ2) is 6.01. The maximum Gasteiger partial charge on any atom is 0.251 e. The fourth-order valence-corrected chi connectivity index (χ4v) is 5.55. The standard InChI is InChI=1S/C19H24ClNO2/c1-2-23-17-4-3-13(10-16(17)20)19(22)21-18-14-6-11-5-12(8-14)9-15(18)7-11/h3-4,10-12,14-15,18H,2,5-9H2,1H3,(H,21,22). The number of halogens is 1. The Kier molecular flexibility index (Phi) is 4.00. The summed E-state index contributed by atoms with van der Waals surface area (Å²) in [6, 6.07) is 5.68. The van der Waals surface area contributed by atoms with E-state index in [0.29, 0.717) is 40.8 Å². The van der Waals surface area contributed by atoms with Crippen molar-refractivity contribution in [3.8, 4) is 5.75 Å². The quantitative estimate of drug-likeness (QED) is 0.892. The maximum absolute atomic E-state index is 12.6. The first-order chi connectivity index (χ1) is 11.1. The van der Waals surface area contributed by atoms with Crippen molar-refractivity contribution in [2.24, 2.45) is 23.7 Å². The van der Waals surface area contributed by atoms with Gasteiger partial charge in [-0.2, -0.15) is 0 Å². The van der Waals surface area contributed by atoms with Crippen molar-refractivity contribution in [2.75, 3.05) is 6.61 Å². The highest BCUT2D eigenvalue weighted by atomic mass is 35.5. The minimum absolute atomic E-state index is 0.00687. The van der Waals surface area contributed by atoms with Crippen molar-refractivity contribution in [3.05, 3.63) is 28.8 Å². The van der Waals surface area contributed by atoms with Gasteiger partial charge in [-0.25, -0.2) is 0 Å². The number of carbonyl (C=O) groups is 1. The van der Waals surface area contributed by atoms with Gasteiger partial charge in [-0.3, -0.25) is 4.79 Å². The number of hydrogen-bond acceptors (Lipinski definition) is 2. The first-order valence-corrected chi connectivity index (χ1v) is 9.25. The molecule has 124 valence electrons. The molecule has 5 rings (SSSR count). The first kappa shape index (κ1) is 15.3. The Labute approximate surface area is 142 Å². The molecule has 0 unspecified atom stereocenters. The molecule has 0 aromatic heterocycles. The van der Waals surface area contributed by atoms with Gasteiger partial charge in [0.1, 0.15) is 5.75 Å². The number of amides is 1. The van der Waals surface area contributed by atoms with Crippen LogP contribution in [0, 0.1) is 23.7 Å². The highest BCUT2D eigenvalue weighted by molar-refractivity contribution is 6.32. The van der Waals surface area contributed by atoms with E-state index in [1.807, 2.05) is 13.0 Å². The molecule has 0 aliphatic heterocycles. The molecule has 4 aliphatic carbocycles. The van der Waals surface area contributed by atoms with Crippen LogP contribution in [0.3, 0.4) is 0 Å². The van der Waals surface area contributed by atoms with Crippen molar-refractivity contribution in [1.82, 2.24) is 5.32 Å². The molecule has 0 heterocycles. The lowest BCUT2D eigenvalue weighted by atomic mass is 9.54. The predicted octanol–water partition coefficient (Wildman–Crippen LogP) is 4.29. The van der Waals surface area contributed by atoms with Crippen molar-refractivity contribution in [1.29, 1.82) is 0 Å². The monoisotopic (exact) mass is 333 g/mol. The summed E-state index contributed by atoms with van der Waals surface area (Å²) in [7, 11) is 0. The van der Waals surface area contributed by atoms with Gasteiger partial charge in [0.2, 0.25) is 0 Å². The highest BCUT2D eigenvalue weighted by Gasteiger charge is 2.48. The maximum atomic E-state index is 12.6. The first-order valence-electron chi connectivity index (χ1n) is 8.87. The average molecular weight is 334 g/mol. The zero-order valence-electron chi connectivity index (χ0n) is 13.6. The average Bonchev–Trinajstić information content (AvgIpc) is 2.52. The largest absolute Gasteiger partial charge is 0.492 e. The fraction of sp³-hybridized carbons (Fsp3) is 0.632. The summed E-state index contributed by atoms with van der Waals surface area (Å²) in [4.78, 5) is 12.6. The molecule has 23 heavy (non-hydrogen) atoms. The van der Waals surface area contributed by atoms with E-state index >= 15 is 0 Å². The molecular formula is C19H24ClNO2. The van der Waals surface area contributed by atoms with Gasteiger partial charge in [0.05, 0.1) is 11.6 Å². The summed E-state index contributed by atoms with van der Waals surface area (Å²) in [5.74, 6) is 3.87. The molecule has 1 aromatic carbocycles. The Morgan fingerprint density at radius 3 is 2.39 bits per heavy atom. The van der Waals surface area contributed by atoms with Crippen LogP contribution < -0.4 is 10.1 Å². The number of benzene rings is 1. The molecule has 0 radical (unpaired) electrons. The molecule has 1 aromatic rings. The Morgan fingerprint density at radius 2 is 1.83 bits per heavy atom. The highest BCUT2D eigenvalue weighted by Crippen LogP contribution is 2.53. The lowest BCUT2D eigenvalue weighted by molar-refractivity contribution is -0.0119. The molecule has 1 N–H and O–H groups in total. The fourth-order valence-electron chi connectivity index (χ4n) is 5.31. The van der Waals surface area contributed by atoms with Crippen molar-refractivity contribution in [3.63, 3.8) is 0 Å². The minimum atomic E-state index is 0.00687. The van der Waals surface area contributed by atoms with Gasteiger partial charge in [0.15, 0.2) is 0 Å². The number of hydrogen-bond donors (Lipinski definition) is 1. The number of nitrogens with one attached hydrogen (secondary N) is 1. The van der Waals surface area contributed by atoms with Crippen LogP contribution in [0.25, 0.3) is 0 Å². The summed E-state index contributed by atoms with van der Waals surface area (Å²) in [5, 5.41) is 3.82. The third kappa shape index (κ3) is 2.84. The van der Waals surface area contributed by atoms with Gasteiger partial charge < -0.3 is 10.1 Å². The Morgan fingerprint density at radius 1 is 1.17 bits per heavy atom. The third-order valence-corrected chi connectivity index (χ3v) is 6.31. The molecule has 4 bridgehead atoms. The molecule has 4 aliphatic rings. The molecule has 0 atom stereocenters. The van der Waals surface area contributed by atoms with Crippen molar-refractivity contribution < 1.29 is 9.53 Å². The topological polar surface area (TPSA) is 38.3 Å². The van der Waals surface area contributed by atoms with Crippen LogP contribution in [-0.4, -0.2) is 18.6 Å². The smallest absolute Gasteiger partial charge is 0.251 e. The van der Waals surface area contributed by atoms with E-state index < -0.39 is 0 Å². The predicted molar refractivity (Wildman–Crippen MR) is 90.9 cm³/mol. The normalized spacial score (nSPS) is 34.4. The molecule has 1 amide bonds. The Bertz CT molecular complexity index is 587. The van der Waals surface area contributed by atoms with E-state index in [2.05, 4.69) is 5.32 Å². The van der Waals surface area contributed by atoms with E-state index in [0.717, 1.165) is 11.8 Å². The van der Waals surface area contributed by atoms with Crippen molar-refractivity contribution >= 4 is 17.5 Å². The summed E-state index contributed by atoms with van der Waals surface area (Å²) < 4.78 is 5.43. The van der Waals surface area contributed by atoms with Crippen LogP contribution in [0.15, 0.2) is 18.2 Å². The van der Waals surface area contributed by atoms with Crippen molar-refractivity contribution in [2.45, 2.75) is 45.1 Å². The molecule has 3 nitrogen and oxygen atoms in total. The minimum Gasteiger partial charge on any atom is -0.492 e. The number of rotatable bonds is 4. The van der Waals surface area contributed by atoms with Crippen LogP contribution in [0.5, 0.6) is 5.75 Å². The number of ether oxygens (including phenoxy) is 1. The molecule has 4 saturated carbocycles. The summed E-state index contributed by atoms with van der Waals surface area (Å²) in [5.41, 5.74) is 0.632. The van der Waals surface area contributed by atoms with Crippen LogP contribution >= 0.6 is 11.6 Å². The lowest BCUT2D eigenvalue weighted by Gasteiger charge is -2.54. The molecule has 0 saturated heterocycles. The zero-order valence-corrected chi connectivity index (χ0v) is 14.3. The van der Waals surface area contributed by atoms with E-state index in [9.17, 15) is 4.79 Å². The Hall–Kier alpha value is -1.22. The van der Waals surface area contributed by atoms with Gasteiger partial charge in [-0.1, -0.05) is 11.6 Å². The number of carbonyl (C=O) groups excluding carboxylic acids is 1. The molecule has 0 spiro atoms. The second-order valence-corrected chi connectivity index (χ2v) is 7.92. The van der Waals surface area contributed by atoms with Crippen LogP contribution in [0.2, 0.25) is 5.02 Å². The summed E-state index contributed by atoms with van der Waals surface area (Å²) in [6.07, 6.45) is 6.66. The Balaban J connectivity index is 1.47. The second-order valence-electron chi connectivity index (χ2n) is 7.51.